The summed E-state index contributed by atoms with van der Waals surface area (Å²) in [6.45, 7) is 0. The number of aromatic nitrogens is 3. The number of rotatable bonds is 3. The van der Waals surface area contributed by atoms with Crippen LogP contribution in [0.15, 0.2) is 51.0 Å². The van der Waals surface area contributed by atoms with Crippen LogP contribution in [0, 0.1) is 5.82 Å². The maximum atomic E-state index is 13.0. The van der Waals surface area contributed by atoms with Crippen LogP contribution in [0.5, 0.6) is 0 Å². The molecule has 0 atom stereocenters. The van der Waals surface area contributed by atoms with Gasteiger partial charge in [0.1, 0.15) is 11.5 Å². The summed E-state index contributed by atoms with van der Waals surface area (Å²) in [4.78, 5) is 20.3. The summed E-state index contributed by atoms with van der Waals surface area (Å²) in [5.41, 5.74) is 1.34. The van der Waals surface area contributed by atoms with Gasteiger partial charge in [-0.25, -0.2) is 24.3 Å². The minimum absolute atomic E-state index is 0.320. The van der Waals surface area contributed by atoms with Crippen molar-refractivity contribution in [2.45, 2.75) is 5.16 Å². The van der Waals surface area contributed by atoms with Crippen molar-refractivity contribution in [3.8, 4) is 22.5 Å². The molecule has 3 aromatic rings. The maximum absolute atomic E-state index is 13.0. The van der Waals surface area contributed by atoms with Gasteiger partial charge < -0.3 is 4.52 Å². The highest BCUT2D eigenvalue weighted by Crippen LogP contribution is 2.27. The number of hydrogen-bond acceptors (Lipinski definition) is 5. The van der Waals surface area contributed by atoms with Crippen molar-refractivity contribution >= 4 is 11.8 Å². The summed E-state index contributed by atoms with van der Waals surface area (Å²) in [6.07, 6.45) is 3.46. The van der Waals surface area contributed by atoms with E-state index in [-0.39, 0.29) is 5.82 Å². The summed E-state index contributed by atoms with van der Waals surface area (Å²) < 4.78 is 17.9. The molecular weight excluding hydrogens is 293 g/mol. The van der Waals surface area contributed by atoms with E-state index in [0.29, 0.717) is 27.7 Å². The zero-order chi connectivity index (χ0) is 14.8. The van der Waals surface area contributed by atoms with Crippen LogP contribution in [0.1, 0.15) is 0 Å². The molecule has 21 heavy (non-hydrogen) atoms. The number of benzene rings is 1. The second-order valence-corrected chi connectivity index (χ2v) is 4.95. The number of thioether (sulfide) groups is 1. The van der Waals surface area contributed by atoms with Crippen LogP contribution in [0.3, 0.4) is 0 Å². The Morgan fingerprint density at radius 2 is 2.00 bits per heavy atom. The number of H-pyrrole nitrogens is 1. The highest BCUT2D eigenvalue weighted by Gasteiger charge is 2.17. The van der Waals surface area contributed by atoms with Gasteiger partial charge in [-0.1, -0.05) is 23.9 Å². The quantitative estimate of drug-likeness (QED) is 0.595. The van der Waals surface area contributed by atoms with E-state index in [1.165, 1.54) is 36.0 Å². The largest absolute Gasteiger partial charge is 0.365 e. The molecule has 0 bridgehead atoms. The number of aromatic amines is 1. The van der Waals surface area contributed by atoms with Crippen LogP contribution < -0.4 is 5.63 Å². The van der Waals surface area contributed by atoms with Crippen molar-refractivity contribution in [1.82, 2.24) is 15.1 Å². The third-order valence-electron chi connectivity index (χ3n) is 2.91. The molecule has 0 amide bonds. The fourth-order valence-electron chi connectivity index (χ4n) is 1.94. The highest BCUT2D eigenvalue weighted by molar-refractivity contribution is 7.98. The van der Waals surface area contributed by atoms with Gasteiger partial charge in [0.15, 0.2) is 5.16 Å². The van der Waals surface area contributed by atoms with Crippen LogP contribution in [0.4, 0.5) is 4.39 Å². The van der Waals surface area contributed by atoms with Gasteiger partial charge in [0.25, 0.3) is 0 Å². The van der Waals surface area contributed by atoms with Crippen molar-refractivity contribution < 1.29 is 8.91 Å². The Balaban J connectivity index is 2.16. The van der Waals surface area contributed by atoms with Crippen molar-refractivity contribution in [3.05, 3.63) is 52.8 Å². The normalized spacial score (nSPS) is 10.8. The molecule has 0 radical (unpaired) electrons. The lowest BCUT2D eigenvalue weighted by Crippen LogP contribution is -1.98. The highest BCUT2D eigenvalue weighted by atomic mass is 32.2. The monoisotopic (exact) mass is 303 g/mol. The topological polar surface area (TPSA) is 71.8 Å². The number of hydrogen-bond donors (Lipinski definition) is 1. The van der Waals surface area contributed by atoms with E-state index >= 15 is 0 Å². The standard InChI is InChI=1S/C14H10FN3O2S/c1-21-14-16-7-6-10(17-14)12-11(13(19)20-18-12)8-2-4-9(15)5-3-8/h2-7,18H,1H3. The van der Waals surface area contributed by atoms with Crippen molar-refractivity contribution in [2.24, 2.45) is 0 Å². The van der Waals surface area contributed by atoms with E-state index in [2.05, 4.69) is 15.1 Å². The molecule has 0 aliphatic heterocycles. The maximum Gasteiger partial charge on any atom is 0.365 e. The smallest absolute Gasteiger partial charge is 0.338 e. The Hall–Kier alpha value is -2.41. The Bertz CT molecular complexity index is 827. The minimum Gasteiger partial charge on any atom is -0.338 e. The van der Waals surface area contributed by atoms with E-state index in [9.17, 15) is 9.18 Å². The summed E-state index contributed by atoms with van der Waals surface area (Å²) in [5.74, 6) is -0.369. The molecule has 0 aliphatic rings. The molecule has 0 fully saturated rings. The molecule has 5 nitrogen and oxygen atoms in total. The predicted octanol–water partition coefficient (Wildman–Crippen LogP) is 2.95. The van der Waals surface area contributed by atoms with Crippen LogP contribution in [-0.2, 0) is 0 Å². The molecule has 3 rings (SSSR count). The number of halogens is 1. The van der Waals surface area contributed by atoms with E-state index in [1.54, 1.807) is 12.3 Å². The van der Waals surface area contributed by atoms with Gasteiger partial charge in [-0.15, -0.1) is 0 Å². The first-order valence-electron chi connectivity index (χ1n) is 6.04. The Labute approximate surface area is 123 Å². The molecule has 2 aromatic heterocycles. The molecule has 1 aromatic carbocycles. The fraction of sp³-hybridized carbons (Fsp3) is 0.0714. The van der Waals surface area contributed by atoms with Gasteiger partial charge in [-0.3, -0.25) is 0 Å². The molecule has 2 heterocycles. The second-order valence-electron chi connectivity index (χ2n) is 4.18. The third kappa shape index (κ3) is 2.59. The Morgan fingerprint density at radius 3 is 2.71 bits per heavy atom. The van der Waals surface area contributed by atoms with Crippen LogP contribution >= 0.6 is 11.8 Å². The van der Waals surface area contributed by atoms with Crippen LogP contribution in [-0.4, -0.2) is 21.4 Å². The summed E-state index contributed by atoms with van der Waals surface area (Å²) >= 11 is 1.39. The molecule has 106 valence electrons. The Kier molecular flexibility index (Phi) is 3.57. The second kappa shape index (κ2) is 5.53. The molecule has 0 aliphatic carbocycles. The van der Waals surface area contributed by atoms with E-state index in [0.717, 1.165) is 0 Å². The van der Waals surface area contributed by atoms with Gasteiger partial charge in [0.2, 0.25) is 0 Å². The first kappa shape index (κ1) is 13.6. The number of nitrogens with zero attached hydrogens (tertiary/aromatic N) is 2. The van der Waals surface area contributed by atoms with Crippen molar-refractivity contribution in [2.75, 3.05) is 6.26 Å². The molecule has 7 heteroatoms. The predicted molar refractivity (Wildman–Crippen MR) is 77.5 cm³/mol. The lowest BCUT2D eigenvalue weighted by Gasteiger charge is -2.02. The molecule has 1 N–H and O–H groups in total. The van der Waals surface area contributed by atoms with Crippen molar-refractivity contribution in [1.29, 1.82) is 0 Å². The van der Waals surface area contributed by atoms with Gasteiger partial charge in [-0.2, -0.15) is 0 Å². The first-order chi connectivity index (χ1) is 10.2. The third-order valence-corrected chi connectivity index (χ3v) is 3.47. The van der Waals surface area contributed by atoms with E-state index in [4.69, 9.17) is 4.52 Å². The van der Waals surface area contributed by atoms with E-state index in [1.807, 2.05) is 6.26 Å². The first-order valence-corrected chi connectivity index (χ1v) is 7.26. The minimum atomic E-state index is -0.527. The number of nitrogens with one attached hydrogen (secondary N) is 1. The Morgan fingerprint density at radius 1 is 1.24 bits per heavy atom. The van der Waals surface area contributed by atoms with Gasteiger partial charge >= 0.3 is 5.63 Å². The average Bonchev–Trinajstić information content (AvgIpc) is 2.90. The van der Waals surface area contributed by atoms with E-state index < -0.39 is 5.63 Å². The van der Waals surface area contributed by atoms with Crippen molar-refractivity contribution in [3.63, 3.8) is 0 Å². The molecule has 0 unspecified atom stereocenters. The van der Waals surface area contributed by atoms with Crippen LogP contribution in [0.25, 0.3) is 22.5 Å². The molecular formula is C14H10FN3O2S. The lowest BCUT2D eigenvalue weighted by molar-refractivity contribution is 0.394. The van der Waals surface area contributed by atoms with Gasteiger partial charge in [0, 0.05) is 6.20 Å². The fourth-order valence-corrected chi connectivity index (χ4v) is 2.29. The summed E-state index contributed by atoms with van der Waals surface area (Å²) in [7, 11) is 0. The van der Waals surface area contributed by atoms with Gasteiger partial charge in [-0.05, 0) is 30.0 Å². The summed E-state index contributed by atoms with van der Waals surface area (Å²) in [6, 6.07) is 7.30. The lowest BCUT2D eigenvalue weighted by atomic mass is 10.0. The average molecular weight is 303 g/mol. The zero-order valence-electron chi connectivity index (χ0n) is 11.0. The summed E-state index contributed by atoms with van der Waals surface area (Å²) in [5, 5.41) is 3.16. The van der Waals surface area contributed by atoms with Gasteiger partial charge in [0.05, 0.1) is 11.3 Å². The SMILES string of the molecule is CSc1nccc(-c2[nH]oc(=O)c2-c2ccc(F)cc2)n1. The molecule has 0 spiro atoms. The molecule has 0 saturated heterocycles. The zero-order valence-corrected chi connectivity index (χ0v) is 11.8. The molecule has 0 saturated carbocycles. The van der Waals surface area contributed by atoms with Crippen LogP contribution in [0.2, 0.25) is 0 Å².